The molecule has 0 spiro atoms. The van der Waals surface area contributed by atoms with E-state index in [1.54, 1.807) is 6.07 Å². The Hall–Kier alpha value is -1.10. The Morgan fingerprint density at radius 3 is 2.64 bits per heavy atom. The van der Waals surface area contributed by atoms with Gasteiger partial charge in [-0.15, -0.1) is 0 Å². The second kappa shape index (κ2) is 4.41. The molecule has 0 bridgehead atoms. The molecule has 0 saturated carbocycles. The maximum atomic E-state index is 11.3. The Bertz CT molecular complexity index is 365. The summed E-state index contributed by atoms with van der Waals surface area (Å²) in [5.41, 5.74) is 1.07. The van der Waals surface area contributed by atoms with Crippen molar-refractivity contribution in [1.29, 1.82) is 0 Å². The van der Waals surface area contributed by atoms with Crippen molar-refractivity contribution in [3.05, 3.63) is 21.8 Å². The van der Waals surface area contributed by atoms with E-state index in [0.717, 1.165) is 10.2 Å². The lowest BCUT2D eigenvalue weighted by Crippen LogP contribution is -2.06. The normalized spacial score (nSPS) is 9.71. The Balaban J connectivity index is 3.27. The van der Waals surface area contributed by atoms with Crippen LogP contribution in [0.1, 0.15) is 16.1 Å². The maximum Gasteiger partial charge on any atom is 0.343 e. The van der Waals surface area contributed by atoms with Crippen molar-refractivity contribution in [1.82, 2.24) is 4.98 Å². The minimum Gasteiger partial charge on any atom is -0.480 e. The number of hydrogen-bond acceptors (Lipinski definition) is 4. The van der Waals surface area contributed by atoms with E-state index in [-0.39, 0.29) is 5.88 Å². The molecular weight excluding hydrogens is 250 g/mol. The standard InChI is InChI=1S/C9H10BrNO3/c1-5-7(10)4-6(9(12)14-3)8(11-5)13-2/h4H,1-3H3. The van der Waals surface area contributed by atoms with Crippen molar-refractivity contribution in [2.24, 2.45) is 0 Å². The van der Waals surface area contributed by atoms with Crippen LogP contribution in [0.15, 0.2) is 10.5 Å². The minimum atomic E-state index is -0.463. The van der Waals surface area contributed by atoms with Crippen LogP contribution in [0.2, 0.25) is 0 Å². The number of halogens is 1. The van der Waals surface area contributed by atoms with E-state index in [1.165, 1.54) is 14.2 Å². The third-order valence-corrected chi connectivity index (χ3v) is 2.52. The zero-order valence-electron chi connectivity index (χ0n) is 8.13. The molecule has 0 aromatic carbocycles. The number of pyridine rings is 1. The van der Waals surface area contributed by atoms with E-state index in [4.69, 9.17) is 4.74 Å². The predicted molar refractivity (Wildman–Crippen MR) is 54.6 cm³/mol. The molecule has 0 aliphatic carbocycles. The van der Waals surface area contributed by atoms with E-state index in [2.05, 4.69) is 25.7 Å². The zero-order chi connectivity index (χ0) is 10.7. The molecule has 0 radical (unpaired) electrons. The van der Waals surface area contributed by atoms with Gasteiger partial charge in [0.25, 0.3) is 0 Å². The van der Waals surface area contributed by atoms with E-state index < -0.39 is 5.97 Å². The van der Waals surface area contributed by atoms with Gasteiger partial charge in [-0.1, -0.05) is 0 Å². The number of carbonyl (C=O) groups is 1. The molecule has 1 aromatic rings. The summed E-state index contributed by atoms with van der Waals surface area (Å²) in [4.78, 5) is 15.4. The van der Waals surface area contributed by atoms with Gasteiger partial charge in [0.2, 0.25) is 5.88 Å². The molecule has 1 aromatic heterocycles. The average Bonchev–Trinajstić information content (AvgIpc) is 2.20. The summed E-state index contributed by atoms with van der Waals surface area (Å²) in [6, 6.07) is 1.63. The first kappa shape index (κ1) is 11.0. The first-order chi connectivity index (χ1) is 6.60. The van der Waals surface area contributed by atoms with Crippen LogP contribution in [0, 0.1) is 6.92 Å². The Labute approximate surface area is 90.4 Å². The second-order valence-electron chi connectivity index (χ2n) is 2.60. The lowest BCUT2D eigenvalue weighted by molar-refractivity contribution is 0.0596. The van der Waals surface area contributed by atoms with Gasteiger partial charge in [0, 0.05) is 4.47 Å². The summed E-state index contributed by atoms with van der Waals surface area (Å²) < 4.78 is 10.3. The fourth-order valence-corrected chi connectivity index (χ4v) is 1.29. The molecular formula is C9H10BrNO3. The molecule has 5 heteroatoms. The lowest BCUT2D eigenvalue weighted by Gasteiger charge is -2.07. The summed E-state index contributed by atoms with van der Waals surface area (Å²) in [6.07, 6.45) is 0. The highest BCUT2D eigenvalue weighted by Crippen LogP contribution is 2.23. The summed E-state index contributed by atoms with van der Waals surface area (Å²) in [7, 11) is 2.78. The number of aromatic nitrogens is 1. The average molecular weight is 260 g/mol. The second-order valence-corrected chi connectivity index (χ2v) is 3.46. The van der Waals surface area contributed by atoms with Gasteiger partial charge in [-0.25, -0.2) is 9.78 Å². The summed E-state index contributed by atoms with van der Waals surface area (Å²) in [5, 5.41) is 0. The van der Waals surface area contributed by atoms with Crippen LogP contribution < -0.4 is 4.74 Å². The molecule has 1 rings (SSSR count). The SMILES string of the molecule is COC(=O)c1cc(Br)c(C)nc1OC. The Morgan fingerprint density at radius 1 is 1.50 bits per heavy atom. The zero-order valence-corrected chi connectivity index (χ0v) is 9.71. The molecule has 0 amide bonds. The summed E-state index contributed by atoms with van der Waals surface area (Å²) in [5.74, 6) is -0.187. The fourth-order valence-electron chi connectivity index (χ4n) is 0.971. The topological polar surface area (TPSA) is 48.4 Å². The van der Waals surface area contributed by atoms with Crippen LogP contribution in [0.3, 0.4) is 0 Å². The van der Waals surface area contributed by atoms with E-state index >= 15 is 0 Å². The highest BCUT2D eigenvalue weighted by molar-refractivity contribution is 9.10. The number of methoxy groups -OCH3 is 2. The third-order valence-electron chi connectivity index (χ3n) is 1.72. The Kier molecular flexibility index (Phi) is 3.46. The maximum absolute atomic E-state index is 11.3. The largest absolute Gasteiger partial charge is 0.480 e. The highest BCUT2D eigenvalue weighted by atomic mass is 79.9. The van der Waals surface area contributed by atoms with Gasteiger partial charge in [0.15, 0.2) is 0 Å². The van der Waals surface area contributed by atoms with Crippen LogP contribution in [0.5, 0.6) is 5.88 Å². The molecule has 0 atom stereocenters. The van der Waals surface area contributed by atoms with Crippen LogP contribution in [-0.2, 0) is 4.74 Å². The molecule has 0 saturated heterocycles. The van der Waals surface area contributed by atoms with Crippen molar-refractivity contribution >= 4 is 21.9 Å². The molecule has 0 unspecified atom stereocenters. The molecule has 76 valence electrons. The number of hydrogen-bond donors (Lipinski definition) is 0. The number of nitrogens with zero attached hydrogens (tertiary/aromatic N) is 1. The monoisotopic (exact) mass is 259 g/mol. The number of rotatable bonds is 2. The van der Waals surface area contributed by atoms with Crippen molar-refractivity contribution in [2.75, 3.05) is 14.2 Å². The number of esters is 1. The van der Waals surface area contributed by atoms with Crippen LogP contribution in [0.4, 0.5) is 0 Å². The molecule has 0 aliphatic rings. The Morgan fingerprint density at radius 2 is 2.14 bits per heavy atom. The minimum absolute atomic E-state index is 0.276. The number of aryl methyl sites for hydroxylation is 1. The van der Waals surface area contributed by atoms with Crippen molar-refractivity contribution in [3.8, 4) is 5.88 Å². The van der Waals surface area contributed by atoms with Gasteiger partial charge in [-0.05, 0) is 28.9 Å². The van der Waals surface area contributed by atoms with Gasteiger partial charge < -0.3 is 9.47 Å². The van der Waals surface area contributed by atoms with Gasteiger partial charge in [-0.2, -0.15) is 0 Å². The molecule has 0 fully saturated rings. The third kappa shape index (κ3) is 2.04. The van der Waals surface area contributed by atoms with Crippen LogP contribution in [0.25, 0.3) is 0 Å². The van der Waals surface area contributed by atoms with Crippen molar-refractivity contribution < 1.29 is 14.3 Å². The van der Waals surface area contributed by atoms with Gasteiger partial charge in [0.05, 0.1) is 19.9 Å². The molecule has 14 heavy (non-hydrogen) atoms. The molecule has 4 nitrogen and oxygen atoms in total. The quantitative estimate of drug-likeness (QED) is 0.762. The first-order valence-corrected chi connectivity index (χ1v) is 4.69. The van der Waals surface area contributed by atoms with Crippen LogP contribution >= 0.6 is 15.9 Å². The summed E-state index contributed by atoms with van der Waals surface area (Å²) >= 11 is 3.28. The van der Waals surface area contributed by atoms with Crippen molar-refractivity contribution in [3.63, 3.8) is 0 Å². The molecule has 1 heterocycles. The first-order valence-electron chi connectivity index (χ1n) is 3.89. The number of carbonyl (C=O) groups excluding carboxylic acids is 1. The highest BCUT2D eigenvalue weighted by Gasteiger charge is 2.15. The van der Waals surface area contributed by atoms with Gasteiger partial charge in [0.1, 0.15) is 5.56 Å². The molecule has 0 N–H and O–H groups in total. The number of ether oxygens (including phenoxy) is 2. The molecule has 0 aliphatic heterocycles. The van der Waals surface area contributed by atoms with E-state index in [9.17, 15) is 4.79 Å². The van der Waals surface area contributed by atoms with E-state index in [1.807, 2.05) is 6.92 Å². The van der Waals surface area contributed by atoms with E-state index in [0.29, 0.717) is 5.56 Å². The van der Waals surface area contributed by atoms with Gasteiger partial charge in [-0.3, -0.25) is 0 Å². The predicted octanol–water partition coefficient (Wildman–Crippen LogP) is 1.95. The lowest BCUT2D eigenvalue weighted by atomic mass is 10.2. The van der Waals surface area contributed by atoms with Gasteiger partial charge >= 0.3 is 5.97 Å². The summed E-state index contributed by atoms with van der Waals surface area (Å²) in [6.45, 7) is 1.81. The smallest absolute Gasteiger partial charge is 0.343 e. The van der Waals surface area contributed by atoms with Crippen LogP contribution in [-0.4, -0.2) is 25.2 Å². The van der Waals surface area contributed by atoms with Crippen molar-refractivity contribution in [2.45, 2.75) is 6.92 Å². The fraction of sp³-hybridized carbons (Fsp3) is 0.333.